The fourth-order valence-corrected chi connectivity index (χ4v) is 4.01. The number of alkyl halides is 2. The van der Waals surface area contributed by atoms with Gasteiger partial charge in [-0.25, -0.2) is 9.18 Å². The Kier molecular flexibility index (Phi) is 6.50. The predicted octanol–water partition coefficient (Wildman–Crippen LogP) is 5.39. The molecule has 31 heavy (non-hydrogen) atoms. The summed E-state index contributed by atoms with van der Waals surface area (Å²) in [6.45, 7) is 2.50. The molecule has 0 spiro atoms. The highest BCUT2D eigenvalue weighted by Gasteiger charge is 2.46. The van der Waals surface area contributed by atoms with Crippen LogP contribution in [0.3, 0.4) is 0 Å². The second-order valence-electron chi connectivity index (χ2n) is 8.43. The molecule has 2 aromatic rings. The third-order valence-corrected chi connectivity index (χ3v) is 5.42. The van der Waals surface area contributed by atoms with E-state index >= 15 is 0 Å². The molecule has 2 aromatic carbocycles. The van der Waals surface area contributed by atoms with E-state index in [1.54, 1.807) is 38.1 Å². The number of hydrogen-bond acceptors (Lipinski definition) is 4. The van der Waals surface area contributed by atoms with Crippen molar-refractivity contribution in [3.63, 3.8) is 0 Å². The molecule has 3 rings (SSSR count). The second kappa shape index (κ2) is 8.78. The Morgan fingerprint density at radius 1 is 1.16 bits per heavy atom. The minimum absolute atomic E-state index is 0.0349. The molecule has 2 atom stereocenters. The molecular weight excluding hydrogens is 411 g/mol. The molecule has 1 fully saturated rings. The highest BCUT2D eigenvalue weighted by molar-refractivity contribution is 5.70. The Morgan fingerprint density at radius 2 is 1.77 bits per heavy atom. The van der Waals surface area contributed by atoms with Crippen LogP contribution < -0.4 is 4.74 Å². The summed E-state index contributed by atoms with van der Waals surface area (Å²) in [5.74, 6) is -0.369. The number of halogens is 3. The van der Waals surface area contributed by atoms with Crippen molar-refractivity contribution in [3.8, 4) is 5.75 Å². The fourth-order valence-electron chi connectivity index (χ4n) is 4.01. The lowest BCUT2D eigenvalue weighted by atomic mass is 9.80. The number of hydrogen-bond donors (Lipinski definition) is 1. The van der Waals surface area contributed by atoms with Gasteiger partial charge in [0.1, 0.15) is 17.2 Å². The summed E-state index contributed by atoms with van der Waals surface area (Å²) in [6, 6.07) is 11.4. The summed E-state index contributed by atoms with van der Waals surface area (Å²) >= 11 is 0. The van der Waals surface area contributed by atoms with Crippen LogP contribution in [0.15, 0.2) is 48.5 Å². The van der Waals surface area contributed by atoms with Gasteiger partial charge in [-0.3, -0.25) is 0 Å². The summed E-state index contributed by atoms with van der Waals surface area (Å²) in [5.41, 5.74) is -0.863. The number of amides is 1. The van der Waals surface area contributed by atoms with Gasteiger partial charge in [-0.2, -0.15) is 8.78 Å². The zero-order valence-corrected chi connectivity index (χ0v) is 17.6. The van der Waals surface area contributed by atoms with Gasteiger partial charge in [0.25, 0.3) is 0 Å². The van der Waals surface area contributed by atoms with Crippen molar-refractivity contribution in [3.05, 3.63) is 65.5 Å². The number of rotatable bonds is 7. The van der Waals surface area contributed by atoms with Gasteiger partial charge in [-0.1, -0.05) is 24.3 Å². The first-order valence-electron chi connectivity index (χ1n) is 10.0. The van der Waals surface area contributed by atoms with Gasteiger partial charge >= 0.3 is 12.7 Å². The van der Waals surface area contributed by atoms with Gasteiger partial charge in [0.05, 0.1) is 11.6 Å². The highest BCUT2D eigenvalue weighted by Crippen LogP contribution is 2.42. The quantitative estimate of drug-likeness (QED) is 0.631. The number of ether oxygens (including phenoxy) is 2. The van der Waals surface area contributed by atoms with E-state index < -0.39 is 29.7 Å². The molecule has 1 unspecified atom stereocenters. The maximum atomic E-state index is 13.4. The first-order valence-corrected chi connectivity index (χ1v) is 10.0. The molecule has 8 heteroatoms. The molecule has 1 saturated heterocycles. The van der Waals surface area contributed by atoms with Crippen LogP contribution in [0.1, 0.15) is 50.8 Å². The van der Waals surface area contributed by atoms with Gasteiger partial charge in [-0.15, -0.1) is 0 Å². The second-order valence-corrected chi connectivity index (χ2v) is 8.43. The standard InChI is InChI=1S/C23H26F3NO4/c1-15(16-4-10-19(11-5-16)30-20(25)26)27-13-12-23(31-21(27)28,14-22(2,3)29)17-6-8-18(24)9-7-17/h4-11,15,20,29H,12-14H2,1-3H3/t15-,23?/m0/s1. The lowest BCUT2D eigenvalue weighted by Gasteiger charge is -2.45. The summed E-state index contributed by atoms with van der Waals surface area (Å²) in [7, 11) is 0. The summed E-state index contributed by atoms with van der Waals surface area (Å²) in [6.07, 6.45) is -0.0231. The molecule has 1 aliphatic rings. The Hall–Kier alpha value is -2.74. The molecule has 1 amide bonds. The van der Waals surface area contributed by atoms with Crippen molar-refractivity contribution in [2.24, 2.45) is 0 Å². The van der Waals surface area contributed by atoms with Crippen LogP contribution in [0.4, 0.5) is 18.0 Å². The highest BCUT2D eigenvalue weighted by atomic mass is 19.3. The van der Waals surface area contributed by atoms with Crippen LogP contribution in [0.25, 0.3) is 0 Å². The smallest absolute Gasteiger partial charge is 0.411 e. The molecular formula is C23H26F3NO4. The Balaban J connectivity index is 1.80. The largest absolute Gasteiger partial charge is 0.438 e. The number of aliphatic hydroxyl groups is 1. The van der Waals surface area contributed by atoms with E-state index in [2.05, 4.69) is 4.74 Å². The summed E-state index contributed by atoms with van der Waals surface area (Å²) in [4.78, 5) is 14.5. The zero-order valence-electron chi connectivity index (χ0n) is 17.6. The number of benzene rings is 2. The number of cyclic esters (lactones) is 1. The van der Waals surface area contributed by atoms with Crippen LogP contribution in [-0.4, -0.2) is 34.9 Å². The van der Waals surface area contributed by atoms with Gasteiger partial charge < -0.3 is 19.5 Å². The van der Waals surface area contributed by atoms with E-state index in [0.29, 0.717) is 18.5 Å². The van der Waals surface area contributed by atoms with E-state index in [1.165, 1.54) is 29.2 Å². The topological polar surface area (TPSA) is 59.0 Å². The van der Waals surface area contributed by atoms with Gasteiger partial charge in [0.2, 0.25) is 0 Å². The molecule has 1 heterocycles. The van der Waals surface area contributed by atoms with Crippen molar-refractivity contribution in [1.82, 2.24) is 4.90 Å². The van der Waals surface area contributed by atoms with E-state index in [1.807, 2.05) is 6.92 Å². The summed E-state index contributed by atoms with van der Waals surface area (Å²) in [5, 5.41) is 10.4. The van der Waals surface area contributed by atoms with E-state index in [0.717, 1.165) is 5.56 Å². The monoisotopic (exact) mass is 437 g/mol. The first kappa shape index (κ1) is 22.9. The lowest BCUT2D eigenvalue weighted by molar-refractivity contribution is -0.101. The van der Waals surface area contributed by atoms with E-state index in [9.17, 15) is 23.1 Å². The van der Waals surface area contributed by atoms with Crippen LogP contribution in [0.5, 0.6) is 5.75 Å². The molecule has 0 saturated carbocycles. The van der Waals surface area contributed by atoms with Crippen LogP contribution >= 0.6 is 0 Å². The van der Waals surface area contributed by atoms with Crippen LogP contribution in [-0.2, 0) is 10.3 Å². The van der Waals surface area contributed by atoms with Gasteiger partial charge in [-0.05, 0) is 56.2 Å². The average Bonchev–Trinajstić information content (AvgIpc) is 2.67. The molecule has 0 bridgehead atoms. The fraction of sp³-hybridized carbons (Fsp3) is 0.435. The van der Waals surface area contributed by atoms with Crippen molar-refractivity contribution in [1.29, 1.82) is 0 Å². The number of nitrogens with zero attached hydrogens (tertiary/aromatic N) is 1. The minimum Gasteiger partial charge on any atom is -0.438 e. The molecule has 1 N–H and O–H groups in total. The van der Waals surface area contributed by atoms with Crippen molar-refractivity contribution in [2.45, 2.75) is 57.5 Å². The molecule has 0 radical (unpaired) electrons. The van der Waals surface area contributed by atoms with Gasteiger partial charge in [0, 0.05) is 19.4 Å². The summed E-state index contributed by atoms with van der Waals surface area (Å²) < 4.78 is 48.4. The van der Waals surface area contributed by atoms with E-state index in [-0.39, 0.29) is 18.2 Å². The molecule has 0 aromatic heterocycles. The molecule has 5 nitrogen and oxygen atoms in total. The maximum Gasteiger partial charge on any atom is 0.411 e. The van der Waals surface area contributed by atoms with Crippen LogP contribution in [0, 0.1) is 5.82 Å². The normalized spacial score (nSPS) is 20.5. The first-order chi connectivity index (χ1) is 14.5. The van der Waals surface area contributed by atoms with Gasteiger partial charge in [0.15, 0.2) is 0 Å². The number of carbonyl (C=O) groups excluding carboxylic acids is 1. The third kappa shape index (κ3) is 5.50. The minimum atomic E-state index is -2.91. The lowest BCUT2D eigenvalue weighted by Crippen LogP contribution is -2.51. The third-order valence-electron chi connectivity index (χ3n) is 5.42. The van der Waals surface area contributed by atoms with Crippen molar-refractivity contribution >= 4 is 6.09 Å². The number of carbonyl (C=O) groups is 1. The molecule has 168 valence electrons. The Bertz CT molecular complexity index is 897. The zero-order chi connectivity index (χ0) is 22.8. The Morgan fingerprint density at radius 3 is 2.29 bits per heavy atom. The predicted molar refractivity (Wildman–Crippen MR) is 108 cm³/mol. The molecule has 0 aliphatic carbocycles. The Labute approximate surface area is 179 Å². The SMILES string of the molecule is C[C@@H](c1ccc(OC(F)F)cc1)N1CCC(CC(C)(C)O)(c2ccc(F)cc2)OC1=O. The average molecular weight is 437 g/mol. The molecule has 1 aliphatic heterocycles. The maximum absolute atomic E-state index is 13.4. The van der Waals surface area contributed by atoms with E-state index in [4.69, 9.17) is 4.74 Å². The van der Waals surface area contributed by atoms with Crippen molar-refractivity contribution in [2.75, 3.05) is 6.54 Å². The van der Waals surface area contributed by atoms with Crippen molar-refractivity contribution < 1.29 is 32.5 Å². The van der Waals surface area contributed by atoms with Crippen LogP contribution in [0.2, 0.25) is 0 Å².